The molecule has 10 heteroatoms. The van der Waals surface area contributed by atoms with E-state index in [1.54, 1.807) is 0 Å². The van der Waals surface area contributed by atoms with Crippen molar-refractivity contribution >= 4 is 50.4 Å². The third kappa shape index (κ3) is 3.28. The molecule has 0 aromatic carbocycles. The molecule has 2 amide bonds. The van der Waals surface area contributed by atoms with Gasteiger partial charge in [-0.05, 0) is 18.6 Å². The van der Waals surface area contributed by atoms with Crippen LogP contribution in [0.1, 0.15) is 17.7 Å². The summed E-state index contributed by atoms with van der Waals surface area (Å²) >= 11 is 5.71. The molecule has 0 radical (unpaired) electrons. The Morgan fingerprint density at radius 1 is 1.48 bits per heavy atom. The molecule has 114 valence electrons. The van der Waals surface area contributed by atoms with Crippen molar-refractivity contribution in [2.75, 3.05) is 7.05 Å². The second kappa shape index (κ2) is 5.79. The Morgan fingerprint density at radius 3 is 2.71 bits per heavy atom. The summed E-state index contributed by atoms with van der Waals surface area (Å²) in [5, 5.41) is 0. The number of hydrogen-bond donors (Lipinski definition) is 2. The number of rotatable bonds is 4. The monoisotopic (exact) mass is 347 g/mol. The molecule has 0 spiro atoms. The third-order valence-electron chi connectivity index (χ3n) is 3.04. The van der Waals surface area contributed by atoms with Crippen molar-refractivity contribution in [2.45, 2.75) is 23.1 Å². The van der Waals surface area contributed by atoms with E-state index in [4.69, 9.17) is 18.0 Å². The van der Waals surface area contributed by atoms with Crippen LogP contribution in [0.3, 0.4) is 0 Å². The van der Waals surface area contributed by atoms with Gasteiger partial charge in [0.05, 0.1) is 4.88 Å². The second-order valence-corrected chi connectivity index (χ2v) is 7.95. The van der Waals surface area contributed by atoms with Gasteiger partial charge in [0.15, 0.2) is 0 Å². The molecular formula is C11H13N3O4S3. The zero-order chi connectivity index (χ0) is 15.8. The zero-order valence-corrected chi connectivity index (χ0v) is 13.5. The molecule has 1 unspecified atom stereocenters. The summed E-state index contributed by atoms with van der Waals surface area (Å²) in [5.41, 5.74) is 5.44. The summed E-state index contributed by atoms with van der Waals surface area (Å²) in [7, 11) is -2.52. The predicted molar refractivity (Wildman–Crippen MR) is 81.3 cm³/mol. The number of thiocarbonyl (C=S) groups is 1. The van der Waals surface area contributed by atoms with Crippen LogP contribution in [0.2, 0.25) is 0 Å². The molecule has 1 aliphatic heterocycles. The third-order valence-corrected chi connectivity index (χ3v) is 6.47. The Morgan fingerprint density at radius 2 is 2.14 bits per heavy atom. The SMILES string of the molecule is CN1C(=O)CCC(NS(=O)(=O)c2ccc(C(N)=S)s2)C1=O. The molecule has 2 rings (SSSR count). The van der Waals surface area contributed by atoms with Crippen molar-refractivity contribution in [3.8, 4) is 0 Å². The van der Waals surface area contributed by atoms with Gasteiger partial charge in [0.2, 0.25) is 11.8 Å². The average Bonchev–Trinajstić information content (AvgIpc) is 2.90. The standard InChI is InChI=1S/C11H13N3O4S3/c1-14-8(15)4-2-6(11(14)16)13-21(17,18)9-5-3-7(20-9)10(12)19/h3,5-6,13H,2,4H2,1H3,(H2,12,19). The fraction of sp³-hybridized carbons (Fsp3) is 0.364. The first kappa shape index (κ1) is 16.0. The summed E-state index contributed by atoms with van der Waals surface area (Å²) in [5.74, 6) is -0.872. The Balaban J connectivity index is 2.19. The molecule has 1 aliphatic rings. The van der Waals surface area contributed by atoms with E-state index >= 15 is 0 Å². The number of likely N-dealkylation sites (tertiary alicyclic amines) is 1. The largest absolute Gasteiger partial charge is 0.389 e. The van der Waals surface area contributed by atoms with Crippen LogP contribution in [0, 0.1) is 0 Å². The van der Waals surface area contributed by atoms with Crippen LogP contribution in [0.4, 0.5) is 0 Å². The quantitative estimate of drug-likeness (QED) is 0.577. The van der Waals surface area contributed by atoms with Crippen LogP contribution < -0.4 is 10.5 Å². The molecule has 1 fully saturated rings. The maximum atomic E-state index is 12.2. The highest BCUT2D eigenvalue weighted by molar-refractivity contribution is 7.91. The maximum Gasteiger partial charge on any atom is 0.250 e. The number of nitrogens with one attached hydrogen (secondary N) is 1. The van der Waals surface area contributed by atoms with Gasteiger partial charge >= 0.3 is 0 Å². The van der Waals surface area contributed by atoms with E-state index in [0.29, 0.717) is 4.88 Å². The lowest BCUT2D eigenvalue weighted by molar-refractivity contribution is -0.147. The second-order valence-electron chi connectivity index (χ2n) is 4.49. The molecule has 3 N–H and O–H groups in total. The Kier molecular flexibility index (Phi) is 4.42. The van der Waals surface area contributed by atoms with Crippen molar-refractivity contribution in [2.24, 2.45) is 5.73 Å². The van der Waals surface area contributed by atoms with Crippen LogP contribution in [0.15, 0.2) is 16.3 Å². The molecule has 1 saturated heterocycles. The van der Waals surface area contributed by atoms with Crippen molar-refractivity contribution in [1.29, 1.82) is 0 Å². The smallest absolute Gasteiger partial charge is 0.250 e. The molecule has 1 atom stereocenters. The minimum absolute atomic E-state index is 0.0256. The lowest BCUT2D eigenvalue weighted by Gasteiger charge is -2.27. The van der Waals surface area contributed by atoms with Gasteiger partial charge in [0.25, 0.3) is 10.0 Å². The molecule has 1 aromatic heterocycles. The number of piperidine rings is 1. The van der Waals surface area contributed by atoms with Crippen molar-refractivity contribution < 1.29 is 18.0 Å². The number of nitrogens with zero attached hydrogens (tertiary/aromatic N) is 1. The number of imide groups is 1. The fourth-order valence-corrected chi connectivity index (χ4v) is 4.46. The normalized spacial score (nSPS) is 19.9. The highest BCUT2D eigenvalue weighted by Gasteiger charge is 2.35. The molecule has 21 heavy (non-hydrogen) atoms. The van der Waals surface area contributed by atoms with Gasteiger partial charge in [-0.3, -0.25) is 14.5 Å². The first-order valence-corrected chi connectivity index (χ1v) is 8.65. The summed E-state index contributed by atoms with van der Waals surface area (Å²) in [6.45, 7) is 0. The Bertz CT molecular complexity index is 710. The van der Waals surface area contributed by atoms with Gasteiger partial charge in [-0.1, -0.05) is 12.2 Å². The van der Waals surface area contributed by atoms with Crippen LogP contribution in [0.5, 0.6) is 0 Å². The van der Waals surface area contributed by atoms with Gasteiger partial charge in [0.1, 0.15) is 15.2 Å². The predicted octanol–water partition coefficient (Wildman–Crippen LogP) is -0.192. The first-order valence-electron chi connectivity index (χ1n) is 5.95. The van der Waals surface area contributed by atoms with Gasteiger partial charge in [0, 0.05) is 13.5 Å². The lowest BCUT2D eigenvalue weighted by Crippen LogP contribution is -2.52. The lowest BCUT2D eigenvalue weighted by atomic mass is 10.1. The van der Waals surface area contributed by atoms with Crippen LogP contribution in [-0.4, -0.2) is 43.2 Å². The minimum atomic E-state index is -3.85. The Labute approximate surface area is 131 Å². The summed E-state index contributed by atoms with van der Waals surface area (Å²) in [6, 6.07) is 1.96. The van der Waals surface area contributed by atoms with E-state index in [-0.39, 0.29) is 27.9 Å². The number of carbonyl (C=O) groups is 2. The summed E-state index contributed by atoms with van der Waals surface area (Å²) < 4.78 is 26.8. The number of carbonyl (C=O) groups excluding carboxylic acids is 2. The van der Waals surface area contributed by atoms with E-state index in [0.717, 1.165) is 16.2 Å². The highest BCUT2D eigenvalue weighted by atomic mass is 32.2. The highest BCUT2D eigenvalue weighted by Crippen LogP contribution is 2.23. The van der Waals surface area contributed by atoms with Gasteiger partial charge in [-0.2, -0.15) is 4.72 Å². The minimum Gasteiger partial charge on any atom is -0.389 e. The van der Waals surface area contributed by atoms with Crippen molar-refractivity contribution in [1.82, 2.24) is 9.62 Å². The fourth-order valence-electron chi connectivity index (χ4n) is 1.87. The molecule has 7 nitrogen and oxygen atoms in total. The molecule has 0 aliphatic carbocycles. The number of likely N-dealkylation sites (N-methyl/N-ethyl adjacent to an activating group) is 1. The van der Waals surface area contributed by atoms with Gasteiger partial charge in [-0.25, -0.2) is 8.42 Å². The molecule has 0 bridgehead atoms. The summed E-state index contributed by atoms with van der Waals surface area (Å²) in [6.07, 6.45) is 0.271. The zero-order valence-electron chi connectivity index (χ0n) is 11.0. The van der Waals surface area contributed by atoms with E-state index in [1.165, 1.54) is 19.2 Å². The average molecular weight is 347 g/mol. The number of amides is 2. The first-order chi connectivity index (χ1) is 9.72. The van der Waals surface area contributed by atoms with E-state index in [9.17, 15) is 18.0 Å². The van der Waals surface area contributed by atoms with E-state index < -0.39 is 22.0 Å². The molecular weight excluding hydrogens is 334 g/mol. The topological polar surface area (TPSA) is 110 Å². The van der Waals surface area contributed by atoms with Crippen molar-refractivity contribution in [3.63, 3.8) is 0 Å². The van der Waals surface area contributed by atoms with E-state index in [1.807, 2.05) is 0 Å². The number of thiophene rings is 1. The van der Waals surface area contributed by atoms with E-state index in [2.05, 4.69) is 4.72 Å². The van der Waals surface area contributed by atoms with Crippen LogP contribution in [0.25, 0.3) is 0 Å². The number of sulfonamides is 1. The molecule has 0 saturated carbocycles. The van der Waals surface area contributed by atoms with Crippen LogP contribution in [-0.2, 0) is 19.6 Å². The number of nitrogens with two attached hydrogens (primary N) is 1. The van der Waals surface area contributed by atoms with Crippen molar-refractivity contribution in [3.05, 3.63) is 17.0 Å². The van der Waals surface area contributed by atoms with Crippen LogP contribution >= 0.6 is 23.6 Å². The number of hydrogen-bond acceptors (Lipinski definition) is 6. The Hall–Kier alpha value is -1.36. The van der Waals surface area contributed by atoms with Gasteiger partial charge in [-0.15, -0.1) is 11.3 Å². The summed E-state index contributed by atoms with van der Waals surface area (Å²) in [4.78, 5) is 24.8. The van der Waals surface area contributed by atoms with Gasteiger partial charge < -0.3 is 5.73 Å². The maximum absolute atomic E-state index is 12.2. The molecule has 2 heterocycles. The molecule has 1 aromatic rings.